The van der Waals surface area contributed by atoms with Crippen LogP contribution in [0.1, 0.15) is 10.4 Å². The van der Waals surface area contributed by atoms with Crippen molar-refractivity contribution < 1.29 is 32.6 Å². The number of hydrogen-bond donors (Lipinski definition) is 3. The van der Waals surface area contributed by atoms with Gasteiger partial charge in [-0.05, 0) is 18.2 Å². The Morgan fingerprint density at radius 1 is 1.50 bits per heavy atom. The van der Waals surface area contributed by atoms with Crippen LogP contribution in [0.15, 0.2) is 23.1 Å². The van der Waals surface area contributed by atoms with Crippen LogP contribution >= 0.6 is 0 Å². The molecule has 112 valence electrons. The summed E-state index contributed by atoms with van der Waals surface area (Å²) in [6, 6.07) is 1.46. The Morgan fingerprint density at radius 3 is 2.65 bits per heavy atom. The molecule has 0 fully saturated rings. The monoisotopic (exact) mass is 307 g/mol. The lowest BCUT2D eigenvalue weighted by Crippen LogP contribution is -2.40. The lowest BCUT2D eigenvalue weighted by Gasteiger charge is -2.16. The summed E-state index contributed by atoms with van der Waals surface area (Å²) in [6.07, 6.45) is 0. The lowest BCUT2D eigenvalue weighted by molar-refractivity contribution is 0.0696. The van der Waals surface area contributed by atoms with Gasteiger partial charge in [-0.3, -0.25) is 0 Å². The molecular formula is C11H14FNO6S. The number of methoxy groups -OCH3 is 1. The van der Waals surface area contributed by atoms with Gasteiger partial charge >= 0.3 is 5.97 Å². The van der Waals surface area contributed by atoms with E-state index in [-0.39, 0.29) is 12.2 Å². The first-order chi connectivity index (χ1) is 9.31. The summed E-state index contributed by atoms with van der Waals surface area (Å²) in [5.74, 6) is -2.46. The smallest absolute Gasteiger partial charge is 0.335 e. The van der Waals surface area contributed by atoms with Crippen molar-refractivity contribution in [2.45, 2.75) is 10.9 Å². The Labute approximate surface area is 115 Å². The van der Waals surface area contributed by atoms with Crippen LogP contribution in [0.2, 0.25) is 0 Å². The first-order valence-corrected chi connectivity index (χ1v) is 6.95. The zero-order valence-corrected chi connectivity index (χ0v) is 11.4. The molecule has 0 aliphatic rings. The maximum Gasteiger partial charge on any atom is 0.335 e. The standard InChI is InChI=1S/C11H14FNO6S/c1-19-6-8(5-14)13-20(17,18)10-4-7(11(15)16)2-3-9(10)12/h2-4,8,13-14H,5-6H2,1H3,(H,15,16). The number of aliphatic hydroxyl groups is 1. The molecule has 1 unspecified atom stereocenters. The third kappa shape index (κ3) is 3.97. The molecule has 0 amide bonds. The number of nitrogens with one attached hydrogen (secondary N) is 1. The van der Waals surface area contributed by atoms with Crippen molar-refractivity contribution in [3.63, 3.8) is 0 Å². The number of aliphatic hydroxyl groups excluding tert-OH is 1. The highest BCUT2D eigenvalue weighted by Crippen LogP contribution is 2.17. The Morgan fingerprint density at radius 2 is 2.15 bits per heavy atom. The van der Waals surface area contributed by atoms with E-state index in [1.165, 1.54) is 7.11 Å². The second-order valence-electron chi connectivity index (χ2n) is 3.91. The highest BCUT2D eigenvalue weighted by atomic mass is 32.2. The van der Waals surface area contributed by atoms with E-state index < -0.39 is 39.4 Å². The summed E-state index contributed by atoms with van der Waals surface area (Å²) >= 11 is 0. The van der Waals surface area contributed by atoms with Crippen LogP contribution < -0.4 is 4.72 Å². The fourth-order valence-electron chi connectivity index (χ4n) is 1.45. The number of halogens is 1. The first kappa shape index (κ1) is 16.5. The maximum atomic E-state index is 13.6. The van der Waals surface area contributed by atoms with Crippen molar-refractivity contribution >= 4 is 16.0 Å². The Hall–Kier alpha value is -1.55. The van der Waals surface area contributed by atoms with Crippen molar-refractivity contribution in [1.82, 2.24) is 4.72 Å². The molecule has 0 bridgehead atoms. The van der Waals surface area contributed by atoms with Crippen LogP contribution in [0.25, 0.3) is 0 Å². The number of hydrogen-bond acceptors (Lipinski definition) is 5. The summed E-state index contributed by atoms with van der Waals surface area (Å²) in [4.78, 5) is 9.98. The van der Waals surface area contributed by atoms with Gasteiger partial charge in [-0.15, -0.1) is 0 Å². The average Bonchev–Trinajstić information content (AvgIpc) is 2.37. The SMILES string of the molecule is COCC(CO)NS(=O)(=O)c1cc(C(=O)O)ccc1F. The number of carbonyl (C=O) groups is 1. The predicted octanol–water partition coefficient (Wildman–Crippen LogP) is -0.190. The van der Waals surface area contributed by atoms with E-state index in [0.29, 0.717) is 6.07 Å². The predicted molar refractivity (Wildman–Crippen MR) is 66.4 cm³/mol. The quantitative estimate of drug-likeness (QED) is 0.643. The van der Waals surface area contributed by atoms with Crippen LogP contribution in [-0.4, -0.2) is 51.0 Å². The molecule has 3 N–H and O–H groups in total. The minimum Gasteiger partial charge on any atom is -0.478 e. The Kier molecular flexibility index (Phi) is 5.57. The minimum absolute atomic E-state index is 0.115. The number of aromatic carboxylic acids is 1. The van der Waals surface area contributed by atoms with Gasteiger partial charge in [-0.25, -0.2) is 22.3 Å². The van der Waals surface area contributed by atoms with Crippen LogP contribution in [0.5, 0.6) is 0 Å². The molecule has 1 rings (SSSR count). The number of ether oxygens (including phenoxy) is 1. The molecule has 0 saturated heterocycles. The van der Waals surface area contributed by atoms with Crippen molar-refractivity contribution in [1.29, 1.82) is 0 Å². The number of carboxylic acids is 1. The molecule has 0 saturated carbocycles. The van der Waals surface area contributed by atoms with E-state index in [2.05, 4.69) is 0 Å². The summed E-state index contributed by atoms with van der Waals surface area (Å²) in [7, 11) is -3.00. The fourth-order valence-corrected chi connectivity index (χ4v) is 2.77. The van der Waals surface area contributed by atoms with Gasteiger partial charge in [0.15, 0.2) is 0 Å². The zero-order valence-electron chi connectivity index (χ0n) is 10.5. The lowest BCUT2D eigenvalue weighted by atomic mass is 10.2. The van der Waals surface area contributed by atoms with Crippen molar-refractivity contribution in [2.75, 3.05) is 20.3 Å². The second-order valence-corrected chi connectivity index (χ2v) is 5.59. The van der Waals surface area contributed by atoms with Gasteiger partial charge in [0.05, 0.1) is 24.8 Å². The van der Waals surface area contributed by atoms with Gasteiger partial charge in [-0.1, -0.05) is 0 Å². The highest BCUT2D eigenvalue weighted by molar-refractivity contribution is 7.89. The van der Waals surface area contributed by atoms with Gasteiger partial charge in [0, 0.05) is 7.11 Å². The van der Waals surface area contributed by atoms with Gasteiger partial charge in [0.25, 0.3) is 0 Å². The van der Waals surface area contributed by atoms with Gasteiger partial charge in [0.2, 0.25) is 10.0 Å². The maximum absolute atomic E-state index is 13.6. The van der Waals surface area contributed by atoms with E-state index >= 15 is 0 Å². The molecule has 1 aromatic carbocycles. The molecule has 0 aliphatic heterocycles. The van der Waals surface area contributed by atoms with Crippen molar-refractivity contribution in [3.05, 3.63) is 29.6 Å². The highest BCUT2D eigenvalue weighted by Gasteiger charge is 2.24. The Balaban J connectivity index is 3.14. The normalized spacial score (nSPS) is 13.2. The molecule has 9 heteroatoms. The third-order valence-electron chi connectivity index (χ3n) is 2.38. The molecule has 20 heavy (non-hydrogen) atoms. The third-order valence-corrected chi connectivity index (χ3v) is 3.91. The molecule has 1 atom stereocenters. The molecule has 0 aromatic heterocycles. The van der Waals surface area contributed by atoms with Crippen molar-refractivity contribution in [3.8, 4) is 0 Å². The molecule has 0 radical (unpaired) electrons. The number of carboxylic acid groups (broad SMARTS) is 1. The summed E-state index contributed by atoms with van der Waals surface area (Å²) in [5.41, 5.74) is -0.362. The molecule has 1 aromatic rings. The molecule has 0 spiro atoms. The first-order valence-electron chi connectivity index (χ1n) is 5.46. The van der Waals surface area contributed by atoms with Gasteiger partial charge < -0.3 is 14.9 Å². The van der Waals surface area contributed by atoms with Crippen LogP contribution in [0, 0.1) is 5.82 Å². The fraction of sp³-hybridized carbons (Fsp3) is 0.364. The number of rotatable bonds is 7. The van der Waals surface area contributed by atoms with E-state index in [1.54, 1.807) is 0 Å². The van der Waals surface area contributed by atoms with E-state index in [9.17, 15) is 17.6 Å². The van der Waals surface area contributed by atoms with E-state index in [4.69, 9.17) is 14.9 Å². The van der Waals surface area contributed by atoms with Crippen molar-refractivity contribution in [2.24, 2.45) is 0 Å². The largest absolute Gasteiger partial charge is 0.478 e. The van der Waals surface area contributed by atoms with E-state index in [0.717, 1.165) is 12.1 Å². The molecule has 7 nitrogen and oxygen atoms in total. The number of sulfonamides is 1. The zero-order chi connectivity index (χ0) is 15.3. The van der Waals surface area contributed by atoms with Crippen LogP contribution in [0.4, 0.5) is 4.39 Å². The molecule has 0 aliphatic carbocycles. The molecular weight excluding hydrogens is 293 g/mol. The van der Waals surface area contributed by atoms with E-state index in [1.807, 2.05) is 4.72 Å². The molecule has 0 heterocycles. The Bertz CT molecular complexity index is 589. The van der Waals surface area contributed by atoms with Crippen LogP contribution in [0.3, 0.4) is 0 Å². The van der Waals surface area contributed by atoms with Gasteiger partial charge in [-0.2, -0.15) is 0 Å². The number of benzene rings is 1. The summed E-state index contributed by atoms with van der Waals surface area (Å²) < 4.78 is 44.2. The van der Waals surface area contributed by atoms with Crippen LogP contribution in [-0.2, 0) is 14.8 Å². The summed E-state index contributed by atoms with van der Waals surface area (Å²) in [5, 5.41) is 17.8. The topological polar surface area (TPSA) is 113 Å². The minimum atomic E-state index is -4.31. The second kappa shape index (κ2) is 6.75. The van der Waals surface area contributed by atoms with Gasteiger partial charge in [0.1, 0.15) is 10.7 Å². The summed E-state index contributed by atoms with van der Waals surface area (Å²) in [6.45, 7) is -0.663. The average molecular weight is 307 g/mol.